The number of hydrazine groups is 1. The van der Waals surface area contributed by atoms with Crippen LogP contribution in [0.15, 0.2) is 18.2 Å². The minimum atomic E-state index is -1.51. The monoisotopic (exact) mass is 210 g/mol. The van der Waals surface area contributed by atoms with Crippen molar-refractivity contribution in [2.45, 2.75) is 19.4 Å². The molecule has 5 heteroatoms. The molecule has 0 fully saturated rings. The maximum absolute atomic E-state index is 10.6. The highest BCUT2D eigenvalue weighted by molar-refractivity contribution is 5.74. The highest BCUT2D eigenvalue weighted by Crippen LogP contribution is 2.21. The second-order valence-electron chi connectivity index (χ2n) is 3.16. The van der Waals surface area contributed by atoms with Crippen molar-refractivity contribution in [3.8, 4) is 0 Å². The number of hydrogen-bond acceptors (Lipinski definition) is 4. The Morgan fingerprint density at radius 1 is 1.60 bits per heavy atom. The number of aliphatic carboxylic acids is 1. The van der Waals surface area contributed by atoms with E-state index in [0.717, 1.165) is 12.0 Å². The summed E-state index contributed by atoms with van der Waals surface area (Å²) in [4.78, 5) is 10.6. The summed E-state index contributed by atoms with van der Waals surface area (Å²) in [6.45, 7) is 1.96. The van der Waals surface area contributed by atoms with Crippen molar-refractivity contribution in [2.24, 2.45) is 5.84 Å². The van der Waals surface area contributed by atoms with Gasteiger partial charge in [0.1, 0.15) is 0 Å². The summed E-state index contributed by atoms with van der Waals surface area (Å²) in [5.74, 6) is 4.02. The van der Waals surface area contributed by atoms with Crippen LogP contribution in [0.4, 0.5) is 5.69 Å². The zero-order chi connectivity index (χ0) is 11.4. The first-order valence-corrected chi connectivity index (χ1v) is 4.60. The minimum absolute atomic E-state index is 0.313. The van der Waals surface area contributed by atoms with E-state index < -0.39 is 12.1 Å². The highest BCUT2D eigenvalue weighted by atomic mass is 16.4. The zero-order valence-corrected chi connectivity index (χ0v) is 8.40. The molecule has 0 spiro atoms. The number of carboxylic acids is 1. The van der Waals surface area contributed by atoms with Crippen molar-refractivity contribution in [1.29, 1.82) is 0 Å². The predicted molar refractivity (Wildman–Crippen MR) is 56.2 cm³/mol. The number of nitrogen functional groups attached to an aromatic ring is 1. The van der Waals surface area contributed by atoms with Crippen LogP contribution in [-0.4, -0.2) is 16.2 Å². The highest BCUT2D eigenvalue weighted by Gasteiger charge is 2.16. The summed E-state index contributed by atoms with van der Waals surface area (Å²) in [6, 6.07) is 4.87. The molecular weight excluding hydrogens is 196 g/mol. The Kier molecular flexibility index (Phi) is 3.65. The van der Waals surface area contributed by atoms with Gasteiger partial charge in [-0.15, -0.1) is 0 Å². The van der Waals surface area contributed by atoms with Crippen molar-refractivity contribution in [1.82, 2.24) is 0 Å². The van der Waals surface area contributed by atoms with E-state index in [0.29, 0.717) is 11.3 Å². The van der Waals surface area contributed by atoms with Crippen LogP contribution in [0.2, 0.25) is 0 Å². The summed E-state index contributed by atoms with van der Waals surface area (Å²) < 4.78 is 0. The quantitative estimate of drug-likeness (QED) is 0.432. The Labute approximate surface area is 87.5 Å². The van der Waals surface area contributed by atoms with E-state index in [4.69, 9.17) is 10.9 Å². The second kappa shape index (κ2) is 4.77. The maximum atomic E-state index is 10.6. The van der Waals surface area contributed by atoms with Gasteiger partial charge < -0.3 is 15.6 Å². The third kappa shape index (κ3) is 2.45. The van der Waals surface area contributed by atoms with Gasteiger partial charge in [-0.1, -0.05) is 19.1 Å². The number of hydrogen-bond donors (Lipinski definition) is 4. The van der Waals surface area contributed by atoms with E-state index in [9.17, 15) is 9.90 Å². The topological polar surface area (TPSA) is 95.6 Å². The number of aliphatic hydroxyl groups is 1. The van der Waals surface area contributed by atoms with Crippen LogP contribution in [0.25, 0.3) is 0 Å². The SMILES string of the molecule is CCc1ccc(C(O)C(=O)O)cc1NN. The Morgan fingerprint density at radius 3 is 2.73 bits per heavy atom. The van der Waals surface area contributed by atoms with Gasteiger partial charge >= 0.3 is 5.97 Å². The third-order valence-electron chi connectivity index (χ3n) is 2.22. The predicted octanol–water partition coefficient (Wildman–Crippen LogP) is 0.653. The van der Waals surface area contributed by atoms with Crippen LogP contribution in [0.3, 0.4) is 0 Å². The molecule has 1 aromatic carbocycles. The van der Waals surface area contributed by atoms with Gasteiger partial charge in [-0.3, -0.25) is 5.84 Å². The van der Waals surface area contributed by atoms with Crippen LogP contribution in [0.1, 0.15) is 24.2 Å². The van der Waals surface area contributed by atoms with Crippen molar-refractivity contribution < 1.29 is 15.0 Å². The van der Waals surface area contributed by atoms with Crippen molar-refractivity contribution in [2.75, 3.05) is 5.43 Å². The molecule has 1 atom stereocenters. The lowest BCUT2D eigenvalue weighted by atomic mass is 10.0. The molecule has 82 valence electrons. The largest absolute Gasteiger partial charge is 0.479 e. The van der Waals surface area contributed by atoms with Crippen LogP contribution in [-0.2, 0) is 11.2 Å². The third-order valence-corrected chi connectivity index (χ3v) is 2.22. The van der Waals surface area contributed by atoms with Gasteiger partial charge in [0.25, 0.3) is 0 Å². The van der Waals surface area contributed by atoms with Gasteiger partial charge in [0.15, 0.2) is 6.10 Å². The van der Waals surface area contributed by atoms with Crippen LogP contribution >= 0.6 is 0 Å². The number of carbonyl (C=O) groups is 1. The molecule has 0 aliphatic rings. The molecule has 0 bridgehead atoms. The van der Waals surface area contributed by atoms with Crippen molar-refractivity contribution in [3.63, 3.8) is 0 Å². The smallest absolute Gasteiger partial charge is 0.337 e. The first-order chi connectivity index (χ1) is 7.10. The van der Waals surface area contributed by atoms with E-state index in [2.05, 4.69) is 5.43 Å². The molecule has 0 aromatic heterocycles. The number of rotatable bonds is 4. The van der Waals surface area contributed by atoms with E-state index in [1.54, 1.807) is 12.1 Å². The molecule has 15 heavy (non-hydrogen) atoms. The molecule has 0 saturated heterocycles. The van der Waals surface area contributed by atoms with Crippen LogP contribution < -0.4 is 11.3 Å². The normalized spacial score (nSPS) is 12.2. The standard InChI is InChI=1S/C10H14N2O3/c1-2-6-3-4-7(5-8(6)12-11)9(13)10(14)15/h3-5,9,12-13H,2,11H2,1H3,(H,14,15). The van der Waals surface area contributed by atoms with E-state index >= 15 is 0 Å². The molecule has 0 radical (unpaired) electrons. The van der Waals surface area contributed by atoms with Crippen LogP contribution in [0, 0.1) is 0 Å². The molecule has 5 N–H and O–H groups in total. The number of anilines is 1. The van der Waals surface area contributed by atoms with Gasteiger partial charge in [-0.25, -0.2) is 4.79 Å². The van der Waals surface area contributed by atoms with Gasteiger partial charge in [0.05, 0.1) is 5.69 Å². The maximum Gasteiger partial charge on any atom is 0.337 e. The minimum Gasteiger partial charge on any atom is -0.479 e. The fraction of sp³-hybridized carbons (Fsp3) is 0.300. The first kappa shape index (κ1) is 11.5. The first-order valence-electron chi connectivity index (χ1n) is 4.60. The number of aliphatic hydroxyl groups excluding tert-OH is 1. The molecular formula is C10H14N2O3. The average Bonchev–Trinajstić information content (AvgIpc) is 2.26. The molecule has 0 aliphatic carbocycles. The summed E-state index contributed by atoms with van der Waals surface area (Å²) in [5, 5.41) is 17.9. The molecule has 1 aromatic rings. The zero-order valence-electron chi connectivity index (χ0n) is 8.40. The number of carboxylic acid groups (broad SMARTS) is 1. The number of nitrogens with one attached hydrogen (secondary N) is 1. The van der Waals surface area contributed by atoms with E-state index in [1.807, 2.05) is 6.92 Å². The summed E-state index contributed by atoms with van der Waals surface area (Å²) >= 11 is 0. The molecule has 0 saturated carbocycles. The lowest BCUT2D eigenvalue weighted by molar-refractivity contribution is -0.146. The van der Waals surface area contributed by atoms with Gasteiger partial charge in [-0.2, -0.15) is 0 Å². The number of benzene rings is 1. The van der Waals surface area contributed by atoms with Gasteiger partial charge in [0.2, 0.25) is 0 Å². The molecule has 1 rings (SSSR count). The fourth-order valence-corrected chi connectivity index (χ4v) is 1.35. The molecule has 1 unspecified atom stereocenters. The molecule has 0 heterocycles. The van der Waals surface area contributed by atoms with E-state index in [1.165, 1.54) is 6.07 Å². The average molecular weight is 210 g/mol. The number of aryl methyl sites for hydroxylation is 1. The summed E-state index contributed by atoms with van der Waals surface area (Å²) in [5.41, 5.74) is 4.39. The summed E-state index contributed by atoms with van der Waals surface area (Å²) in [6.07, 6.45) is -0.730. The molecule has 0 aliphatic heterocycles. The Hall–Kier alpha value is -1.59. The number of nitrogens with two attached hydrogens (primary N) is 1. The fourth-order valence-electron chi connectivity index (χ4n) is 1.35. The van der Waals surface area contributed by atoms with E-state index in [-0.39, 0.29) is 0 Å². The Bertz CT molecular complexity index is 366. The lowest BCUT2D eigenvalue weighted by Gasteiger charge is -2.11. The Morgan fingerprint density at radius 2 is 2.27 bits per heavy atom. The Balaban J connectivity index is 3.07. The molecule has 5 nitrogen and oxygen atoms in total. The van der Waals surface area contributed by atoms with Gasteiger partial charge in [0, 0.05) is 0 Å². The summed E-state index contributed by atoms with van der Waals surface area (Å²) in [7, 11) is 0. The lowest BCUT2D eigenvalue weighted by Crippen LogP contribution is -2.13. The molecule has 0 amide bonds. The van der Waals surface area contributed by atoms with Crippen LogP contribution in [0.5, 0.6) is 0 Å². The second-order valence-corrected chi connectivity index (χ2v) is 3.16. The van der Waals surface area contributed by atoms with Crippen molar-refractivity contribution in [3.05, 3.63) is 29.3 Å². The van der Waals surface area contributed by atoms with Crippen molar-refractivity contribution >= 4 is 11.7 Å². The van der Waals surface area contributed by atoms with Gasteiger partial charge in [-0.05, 0) is 23.6 Å².